The fraction of sp³-hybridized carbons (Fsp3) is 0.0357. The zero-order chi connectivity index (χ0) is 23.2. The molecule has 0 radical (unpaired) electrons. The number of carbonyl (C=O) groups excluding carboxylic acids is 1. The van der Waals surface area contributed by atoms with Crippen molar-refractivity contribution in [3.8, 4) is 17.6 Å². The number of benzene rings is 2. The summed E-state index contributed by atoms with van der Waals surface area (Å²) in [5.74, 6) is 6.46. The van der Waals surface area contributed by atoms with Crippen molar-refractivity contribution in [1.29, 1.82) is 0 Å². The van der Waals surface area contributed by atoms with Gasteiger partial charge in [0.25, 0.3) is 5.91 Å². The molecule has 0 aliphatic heterocycles. The van der Waals surface area contributed by atoms with Gasteiger partial charge in [-0.15, -0.1) is 0 Å². The predicted octanol–water partition coefficient (Wildman–Crippen LogP) is 4.96. The van der Waals surface area contributed by atoms with Crippen molar-refractivity contribution in [3.05, 3.63) is 126 Å². The SMILES string of the molecule is O=C(Nc1cccc(C#Cc2ccccn2)c1)c1cccc(OCc2cn3ccccc3n2)c1. The van der Waals surface area contributed by atoms with Gasteiger partial charge in [0.05, 0.1) is 5.69 Å². The van der Waals surface area contributed by atoms with Crippen LogP contribution < -0.4 is 10.1 Å². The average molecular weight is 444 g/mol. The number of anilines is 1. The van der Waals surface area contributed by atoms with Crippen molar-refractivity contribution in [1.82, 2.24) is 14.4 Å². The molecule has 0 saturated heterocycles. The number of aromatic nitrogens is 3. The van der Waals surface area contributed by atoms with Crippen LogP contribution in [0, 0.1) is 11.8 Å². The number of ether oxygens (including phenoxy) is 1. The van der Waals surface area contributed by atoms with E-state index in [9.17, 15) is 4.79 Å². The molecule has 0 unspecified atom stereocenters. The lowest BCUT2D eigenvalue weighted by Gasteiger charge is -2.08. The van der Waals surface area contributed by atoms with E-state index in [1.165, 1.54) is 0 Å². The molecule has 0 atom stereocenters. The predicted molar refractivity (Wildman–Crippen MR) is 131 cm³/mol. The van der Waals surface area contributed by atoms with Crippen LogP contribution in [0.4, 0.5) is 5.69 Å². The normalized spacial score (nSPS) is 10.4. The Labute approximate surface area is 196 Å². The number of nitrogens with one attached hydrogen (secondary N) is 1. The van der Waals surface area contributed by atoms with Crippen LogP contribution in [0.25, 0.3) is 5.65 Å². The molecule has 0 aliphatic rings. The van der Waals surface area contributed by atoms with E-state index in [1.54, 1.807) is 24.4 Å². The summed E-state index contributed by atoms with van der Waals surface area (Å²) >= 11 is 0. The van der Waals surface area contributed by atoms with Crippen molar-refractivity contribution in [3.63, 3.8) is 0 Å². The maximum Gasteiger partial charge on any atom is 0.255 e. The number of hydrogen-bond acceptors (Lipinski definition) is 4. The molecule has 2 aromatic carbocycles. The summed E-state index contributed by atoms with van der Waals surface area (Å²) in [6.07, 6.45) is 5.57. The molecule has 0 spiro atoms. The minimum Gasteiger partial charge on any atom is -0.487 e. The molecule has 1 amide bonds. The maximum atomic E-state index is 12.8. The maximum absolute atomic E-state index is 12.8. The van der Waals surface area contributed by atoms with Crippen LogP contribution >= 0.6 is 0 Å². The van der Waals surface area contributed by atoms with Crippen molar-refractivity contribution in [2.24, 2.45) is 0 Å². The lowest BCUT2D eigenvalue weighted by atomic mass is 10.1. The molecule has 164 valence electrons. The van der Waals surface area contributed by atoms with E-state index in [1.807, 2.05) is 83.5 Å². The summed E-state index contributed by atoms with van der Waals surface area (Å²) in [5.41, 5.74) is 4.31. The highest BCUT2D eigenvalue weighted by Gasteiger charge is 2.09. The Morgan fingerprint density at radius 2 is 1.85 bits per heavy atom. The van der Waals surface area contributed by atoms with Gasteiger partial charge in [0.2, 0.25) is 0 Å². The van der Waals surface area contributed by atoms with Gasteiger partial charge in [0, 0.05) is 35.4 Å². The molecular formula is C28H20N4O2. The number of hydrogen-bond donors (Lipinski definition) is 1. The first kappa shape index (κ1) is 21.0. The second-order valence-electron chi connectivity index (χ2n) is 7.51. The Bertz CT molecular complexity index is 1480. The zero-order valence-corrected chi connectivity index (χ0v) is 18.2. The van der Waals surface area contributed by atoms with Crippen LogP contribution in [0.1, 0.15) is 27.3 Å². The van der Waals surface area contributed by atoms with Gasteiger partial charge in [-0.05, 0) is 66.6 Å². The summed E-state index contributed by atoms with van der Waals surface area (Å²) < 4.78 is 7.82. The highest BCUT2D eigenvalue weighted by atomic mass is 16.5. The van der Waals surface area contributed by atoms with Crippen LogP contribution in [0.5, 0.6) is 5.75 Å². The number of carbonyl (C=O) groups is 1. The van der Waals surface area contributed by atoms with E-state index >= 15 is 0 Å². The van der Waals surface area contributed by atoms with E-state index in [0.29, 0.717) is 29.3 Å². The van der Waals surface area contributed by atoms with Gasteiger partial charge < -0.3 is 14.5 Å². The number of imidazole rings is 1. The molecule has 0 saturated carbocycles. The van der Waals surface area contributed by atoms with Gasteiger partial charge in [-0.25, -0.2) is 9.97 Å². The molecule has 1 N–H and O–H groups in total. The minimum absolute atomic E-state index is 0.229. The number of rotatable bonds is 5. The van der Waals surface area contributed by atoms with Gasteiger partial charge in [-0.1, -0.05) is 30.2 Å². The van der Waals surface area contributed by atoms with Crippen LogP contribution in [0.15, 0.2) is 104 Å². The first-order valence-electron chi connectivity index (χ1n) is 10.7. The third-order valence-corrected chi connectivity index (χ3v) is 5.02. The molecule has 0 aliphatic carbocycles. The molecule has 3 aromatic heterocycles. The molecule has 34 heavy (non-hydrogen) atoms. The second-order valence-corrected chi connectivity index (χ2v) is 7.51. The van der Waals surface area contributed by atoms with Gasteiger partial charge >= 0.3 is 0 Å². The summed E-state index contributed by atoms with van der Waals surface area (Å²) in [7, 11) is 0. The lowest BCUT2D eigenvalue weighted by Crippen LogP contribution is -2.12. The van der Waals surface area contributed by atoms with Crippen LogP contribution in [0.3, 0.4) is 0 Å². The largest absolute Gasteiger partial charge is 0.487 e. The average Bonchev–Trinajstić information content (AvgIpc) is 3.30. The van der Waals surface area contributed by atoms with Crippen molar-refractivity contribution in [2.75, 3.05) is 5.32 Å². The lowest BCUT2D eigenvalue weighted by molar-refractivity contribution is 0.102. The summed E-state index contributed by atoms with van der Waals surface area (Å²) in [5, 5.41) is 2.92. The second kappa shape index (κ2) is 9.72. The molecule has 5 aromatic rings. The highest BCUT2D eigenvalue weighted by Crippen LogP contribution is 2.18. The minimum atomic E-state index is -0.229. The molecule has 3 heterocycles. The smallest absolute Gasteiger partial charge is 0.255 e. The van der Waals surface area contributed by atoms with Crippen molar-refractivity contribution in [2.45, 2.75) is 6.61 Å². The van der Waals surface area contributed by atoms with E-state index in [-0.39, 0.29) is 5.91 Å². The number of nitrogens with zero attached hydrogens (tertiary/aromatic N) is 3. The fourth-order valence-electron chi connectivity index (χ4n) is 3.39. The number of fused-ring (bicyclic) bond motifs is 1. The molecule has 0 bridgehead atoms. The van der Waals surface area contributed by atoms with Crippen molar-refractivity contribution >= 4 is 17.2 Å². The van der Waals surface area contributed by atoms with Gasteiger partial charge in [0.15, 0.2) is 0 Å². The van der Waals surface area contributed by atoms with E-state index < -0.39 is 0 Å². The summed E-state index contributed by atoms with van der Waals surface area (Å²) in [6, 6.07) is 25.9. The number of pyridine rings is 2. The first-order chi connectivity index (χ1) is 16.7. The summed E-state index contributed by atoms with van der Waals surface area (Å²) in [6.45, 7) is 0.309. The van der Waals surface area contributed by atoms with Gasteiger partial charge in [0.1, 0.15) is 23.7 Å². The number of amides is 1. The van der Waals surface area contributed by atoms with Gasteiger partial charge in [-0.3, -0.25) is 4.79 Å². The van der Waals surface area contributed by atoms with Crippen LogP contribution in [-0.4, -0.2) is 20.3 Å². The monoisotopic (exact) mass is 444 g/mol. The van der Waals surface area contributed by atoms with Crippen LogP contribution in [0.2, 0.25) is 0 Å². The molecule has 0 fully saturated rings. The Morgan fingerprint density at radius 1 is 0.941 bits per heavy atom. The quantitative estimate of drug-likeness (QED) is 0.389. The Balaban J connectivity index is 1.24. The Morgan fingerprint density at radius 3 is 2.74 bits per heavy atom. The summed E-state index contributed by atoms with van der Waals surface area (Å²) in [4.78, 5) is 21.5. The van der Waals surface area contributed by atoms with Gasteiger partial charge in [-0.2, -0.15) is 0 Å². The standard InChI is InChI=1S/C28H20N4O2/c33-28(31-24-10-5-7-21(17-24)13-14-23-9-1-3-15-29-23)22-8-6-11-26(18-22)34-20-25-19-32-16-4-2-12-27(32)30-25/h1-12,15-19H,20H2,(H,31,33). The fourth-order valence-corrected chi connectivity index (χ4v) is 3.39. The van der Waals surface area contributed by atoms with E-state index in [2.05, 4.69) is 27.1 Å². The van der Waals surface area contributed by atoms with E-state index in [4.69, 9.17) is 4.74 Å². The molecule has 5 rings (SSSR count). The molecule has 6 heteroatoms. The molecular weight excluding hydrogens is 424 g/mol. The third kappa shape index (κ3) is 5.12. The Hall–Kier alpha value is -4.89. The van der Waals surface area contributed by atoms with Crippen molar-refractivity contribution < 1.29 is 9.53 Å². The van der Waals surface area contributed by atoms with Crippen LogP contribution in [-0.2, 0) is 6.61 Å². The highest BCUT2D eigenvalue weighted by molar-refractivity contribution is 6.04. The van der Waals surface area contributed by atoms with E-state index in [0.717, 1.165) is 16.9 Å². The topological polar surface area (TPSA) is 68.5 Å². The molecule has 6 nitrogen and oxygen atoms in total. The Kier molecular flexibility index (Phi) is 6.00. The third-order valence-electron chi connectivity index (χ3n) is 5.02. The first-order valence-corrected chi connectivity index (χ1v) is 10.7. The zero-order valence-electron chi connectivity index (χ0n) is 18.2.